The Hall–Kier alpha value is -3.58. The monoisotopic (exact) mass is 418 g/mol. The summed E-state index contributed by atoms with van der Waals surface area (Å²) in [4.78, 5) is 32.4. The number of benzene rings is 1. The predicted octanol–water partition coefficient (Wildman–Crippen LogP) is 2.72. The number of carboxylic acids is 1. The quantitative estimate of drug-likeness (QED) is 0.468. The lowest BCUT2D eigenvalue weighted by Crippen LogP contribution is -2.39. The zero-order valence-electron chi connectivity index (χ0n) is 17.4. The molecule has 0 saturated heterocycles. The molecule has 1 unspecified atom stereocenters. The van der Waals surface area contributed by atoms with E-state index in [1.807, 2.05) is 24.3 Å². The molecule has 7 nitrogen and oxygen atoms in total. The van der Waals surface area contributed by atoms with Gasteiger partial charge in [-0.2, -0.15) is 0 Å². The van der Waals surface area contributed by atoms with E-state index in [0.717, 1.165) is 23.1 Å². The van der Waals surface area contributed by atoms with Crippen LogP contribution in [0.1, 0.15) is 38.7 Å². The predicted molar refractivity (Wildman–Crippen MR) is 118 cm³/mol. The molecule has 2 heterocycles. The highest BCUT2D eigenvalue weighted by Crippen LogP contribution is 2.18. The number of carboxylic acid groups (broad SMARTS) is 1. The number of nitrogens with zero attached hydrogens (tertiary/aromatic N) is 2. The minimum absolute atomic E-state index is 0.147. The van der Waals surface area contributed by atoms with E-state index < -0.39 is 12.0 Å². The SMILES string of the molecule is Cc1cc(C(NCCc2ccncc2)C(=O)NCCc2ccncc2)ccc1C(=O)O. The molecule has 7 heteroatoms. The van der Waals surface area contributed by atoms with Gasteiger partial charge in [0.15, 0.2) is 0 Å². The molecule has 0 saturated carbocycles. The number of nitrogens with one attached hydrogen (secondary N) is 2. The molecule has 3 aromatic rings. The summed E-state index contributed by atoms with van der Waals surface area (Å²) in [6.07, 6.45) is 8.39. The third-order valence-electron chi connectivity index (χ3n) is 5.05. The van der Waals surface area contributed by atoms with Gasteiger partial charge in [-0.15, -0.1) is 0 Å². The molecule has 0 aliphatic rings. The molecular weight excluding hydrogens is 392 g/mol. The van der Waals surface area contributed by atoms with Gasteiger partial charge in [-0.05, 0) is 72.4 Å². The summed E-state index contributed by atoms with van der Waals surface area (Å²) in [5.41, 5.74) is 3.81. The Kier molecular flexibility index (Phi) is 7.84. The normalized spacial score (nSPS) is 11.6. The second-order valence-corrected chi connectivity index (χ2v) is 7.27. The van der Waals surface area contributed by atoms with Gasteiger partial charge in [-0.25, -0.2) is 4.79 Å². The molecule has 0 aliphatic carbocycles. The average Bonchev–Trinajstić information content (AvgIpc) is 2.78. The van der Waals surface area contributed by atoms with Crippen LogP contribution >= 0.6 is 0 Å². The Morgan fingerprint density at radius 3 is 2.03 bits per heavy atom. The second-order valence-electron chi connectivity index (χ2n) is 7.27. The van der Waals surface area contributed by atoms with Crippen LogP contribution in [0.5, 0.6) is 0 Å². The lowest BCUT2D eigenvalue weighted by atomic mass is 9.99. The van der Waals surface area contributed by atoms with Crippen LogP contribution in [-0.2, 0) is 17.6 Å². The van der Waals surface area contributed by atoms with Crippen LogP contribution in [0.15, 0.2) is 67.3 Å². The van der Waals surface area contributed by atoms with Gasteiger partial charge in [0.1, 0.15) is 6.04 Å². The van der Waals surface area contributed by atoms with E-state index in [9.17, 15) is 14.7 Å². The average molecular weight is 418 g/mol. The van der Waals surface area contributed by atoms with Gasteiger partial charge in [0, 0.05) is 37.9 Å². The number of carbonyl (C=O) groups excluding carboxylic acids is 1. The molecule has 0 fully saturated rings. The van der Waals surface area contributed by atoms with Gasteiger partial charge in [-0.3, -0.25) is 14.8 Å². The van der Waals surface area contributed by atoms with Gasteiger partial charge < -0.3 is 15.7 Å². The Bertz CT molecular complexity index is 1010. The number of pyridine rings is 2. The highest BCUT2D eigenvalue weighted by molar-refractivity contribution is 5.90. The lowest BCUT2D eigenvalue weighted by Gasteiger charge is -2.20. The fourth-order valence-corrected chi connectivity index (χ4v) is 3.36. The van der Waals surface area contributed by atoms with Crippen molar-refractivity contribution >= 4 is 11.9 Å². The maximum absolute atomic E-state index is 13.0. The number of carbonyl (C=O) groups is 2. The summed E-state index contributed by atoms with van der Waals surface area (Å²) in [7, 11) is 0. The van der Waals surface area contributed by atoms with Crippen LogP contribution in [-0.4, -0.2) is 40.0 Å². The van der Waals surface area contributed by atoms with E-state index in [4.69, 9.17) is 0 Å². The van der Waals surface area contributed by atoms with Crippen LogP contribution < -0.4 is 10.6 Å². The van der Waals surface area contributed by atoms with Gasteiger partial charge in [0.2, 0.25) is 5.91 Å². The third-order valence-corrected chi connectivity index (χ3v) is 5.05. The Balaban J connectivity index is 1.69. The molecule has 0 aliphatic heterocycles. The number of aromatic nitrogens is 2. The Morgan fingerprint density at radius 1 is 0.903 bits per heavy atom. The number of aryl methyl sites for hydroxylation is 1. The summed E-state index contributed by atoms with van der Waals surface area (Å²) in [5, 5.41) is 15.6. The summed E-state index contributed by atoms with van der Waals surface area (Å²) < 4.78 is 0. The number of hydrogen-bond acceptors (Lipinski definition) is 5. The van der Waals surface area contributed by atoms with E-state index in [1.165, 1.54) is 0 Å². The second kappa shape index (κ2) is 11.0. The first-order chi connectivity index (χ1) is 15.0. The zero-order chi connectivity index (χ0) is 22.1. The molecule has 160 valence electrons. The highest BCUT2D eigenvalue weighted by atomic mass is 16.4. The zero-order valence-corrected chi connectivity index (χ0v) is 17.4. The number of rotatable bonds is 10. The van der Waals surface area contributed by atoms with Crippen molar-refractivity contribution < 1.29 is 14.7 Å². The minimum Gasteiger partial charge on any atom is -0.478 e. The lowest BCUT2D eigenvalue weighted by molar-refractivity contribution is -0.123. The molecule has 1 aromatic carbocycles. The maximum atomic E-state index is 13.0. The number of aromatic carboxylic acids is 1. The van der Waals surface area contributed by atoms with Gasteiger partial charge >= 0.3 is 5.97 Å². The van der Waals surface area contributed by atoms with E-state index in [2.05, 4.69) is 20.6 Å². The van der Waals surface area contributed by atoms with Gasteiger partial charge in [-0.1, -0.05) is 12.1 Å². The molecular formula is C24H26N4O3. The summed E-state index contributed by atoms with van der Waals surface area (Å²) in [6.45, 7) is 2.83. The fraction of sp³-hybridized carbons (Fsp3) is 0.250. The Labute approximate surface area is 181 Å². The van der Waals surface area contributed by atoms with E-state index in [0.29, 0.717) is 25.1 Å². The van der Waals surface area contributed by atoms with Crippen molar-refractivity contribution in [2.75, 3.05) is 13.1 Å². The van der Waals surface area contributed by atoms with Crippen molar-refractivity contribution in [1.29, 1.82) is 0 Å². The van der Waals surface area contributed by atoms with Crippen molar-refractivity contribution in [3.63, 3.8) is 0 Å². The molecule has 31 heavy (non-hydrogen) atoms. The van der Waals surface area contributed by atoms with Crippen LogP contribution in [0.25, 0.3) is 0 Å². The number of amides is 1. The molecule has 2 aromatic heterocycles. The first-order valence-corrected chi connectivity index (χ1v) is 10.2. The summed E-state index contributed by atoms with van der Waals surface area (Å²) in [6, 6.07) is 12.2. The van der Waals surface area contributed by atoms with E-state index in [-0.39, 0.29) is 11.5 Å². The summed E-state index contributed by atoms with van der Waals surface area (Å²) in [5.74, 6) is -1.13. The van der Waals surface area contributed by atoms with E-state index in [1.54, 1.807) is 49.9 Å². The fourth-order valence-electron chi connectivity index (χ4n) is 3.36. The molecule has 0 radical (unpaired) electrons. The van der Waals surface area contributed by atoms with Crippen LogP contribution in [0.4, 0.5) is 0 Å². The Morgan fingerprint density at radius 2 is 1.48 bits per heavy atom. The topological polar surface area (TPSA) is 104 Å². The summed E-state index contributed by atoms with van der Waals surface area (Å²) >= 11 is 0. The molecule has 0 bridgehead atoms. The minimum atomic E-state index is -0.979. The first-order valence-electron chi connectivity index (χ1n) is 10.2. The van der Waals surface area contributed by atoms with E-state index >= 15 is 0 Å². The van der Waals surface area contributed by atoms with Crippen molar-refractivity contribution in [3.05, 3.63) is 95.1 Å². The van der Waals surface area contributed by atoms with Gasteiger partial charge in [0.05, 0.1) is 5.56 Å². The molecule has 3 N–H and O–H groups in total. The van der Waals surface area contributed by atoms with Crippen molar-refractivity contribution in [1.82, 2.24) is 20.6 Å². The largest absolute Gasteiger partial charge is 0.478 e. The molecule has 0 spiro atoms. The third kappa shape index (κ3) is 6.45. The number of hydrogen-bond donors (Lipinski definition) is 3. The first kappa shape index (κ1) is 22.1. The van der Waals surface area contributed by atoms with Gasteiger partial charge in [0.25, 0.3) is 0 Å². The molecule has 1 amide bonds. The van der Waals surface area contributed by atoms with Crippen molar-refractivity contribution in [2.24, 2.45) is 0 Å². The van der Waals surface area contributed by atoms with Crippen LogP contribution in [0.2, 0.25) is 0 Å². The van der Waals surface area contributed by atoms with Crippen LogP contribution in [0.3, 0.4) is 0 Å². The highest BCUT2D eigenvalue weighted by Gasteiger charge is 2.21. The molecule has 1 atom stereocenters. The standard InChI is InChI=1S/C24H26N4O3/c1-17-16-20(2-3-21(17)24(30)31)22(27-14-8-18-4-10-25-11-5-18)23(29)28-15-9-19-6-12-26-13-7-19/h2-7,10-13,16,22,27H,8-9,14-15H2,1H3,(H,28,29)(H,30,31). The molecule has 3 rings (SSSR count). The smallest absolute Gasteiger partial charge is 0.335 e. The van der Waals surface area contributed by atoms with Crippen molar-refractivity contribution in [2.45, 2.75) is 25.8 Å². The maximum Gasteiger partial charge on any atom is 0.335 e. The van der Waals surface area contributed by atoms with Crippen LogP contribution in [0, 0.1) is 6.92 Å². The van der Waals surface area contributed by atoms with Crippen molar-refractivity contribution in [3.8, 4) is 0 Å².